The lowest BCUT2D eigenvalue weighted by Crippen LogP contribution is -2.24. The number of rotatable bonds is 8. The van der Waals surface area contributed by atoms with Crippen molar-refractivity contribution in [3.63, 3.8) is 0 Å². The molecular weight excluding hydrogens is 430 g/mol. The molecule has 0 fully saturated rings. The molecule has 0 radical (unpaired) electrons. The number of nitrogens with zero attached hydrogens (tertiary/aromatic N) is 1. The van der Waals surface area contributed by atoms with Gasteiger partial charge in [0.2, 0.25) is 15.9 Å². The molecule has 0 saturated carbocycles. The van der Waals surface area contributed by atoms with E-state index in [1.165, 1.54) is 20.1 Å². The highest BCUT2D eigenvalue weighted by molar-refractivity contribution is 7.89. The summed E-state index contributed by atoms with van der Waals surface area (Å²) < 4.78 is 39.2. The monoisotopic (exact) mass is 455 g/mol. The van der Waals surface area contributed by atoms with Gasteiger partial charge in [-0.2, -0.15) is 0 Å². The van der Waals surface area contributed by atoms with Crippen LogP contribution < -0.4 is 14.8 Å². The summed E-state index contributed by atoms with van der Waals surface area (Å²) in [4.78, 5) is 11.4. The molecule has 1 amide bonds. The molecule has 0 saturated heterocycles. The van der Waals surface area contributed by atoms with Gasteiger partial charge in [-0.25, -0.2) is 13.1 Å². The second kappa shape index (κ2) is 9.80. The third-order valence-corrected chi connectivity index (χ3v) is 6.23. The number of hydrogen-bond donors (Lipinski definition) is 2. The molecular formula is C23H25N3O5S. The molecule has 0 aliphatic carbocycles. The molecule has 1 heterocycles. The van der Waals surface area contributed by atoms with Crippen LogP contribution >= 0.6 is 0 Å². The van der Waals surface area contributed by atoms with Crippen molar-refractivity contribution in [3.8, 4) is 5.75 Å². The Labute approximate surface area is 187 Å². The van der Waals surface area contributed by atoms with Gasteiger partial charge in [-0.15, -0.1) is 0 Å². The number of nitrogens with one attached hydrogen (secondary N) is 2. The van der Waals surface area contributed by atoms with E-state index in [1.54, 1.807) is 31.2 Å². The smallest absolute Gasteiger partial charge is 0.244 e. The van der Waals surface area contributed by atoms with Gasteiger partial charge in [0.05, 0.1) is 7.11 Å². The Morgan fingerprint density at radius 1 is 1.16 bits per heavy atom. The van der Waals surface area contributed by atoms with Gasteiger partial charge in [0.15, 0.2) is 5.76 Å². The Bertz CT molecular complexity index is 1260. The Morgan fingerprint density at radius 3 is 2.59 bits per heavy atom. The van der Waals surface area contributed by atoms with Crippen LogP contribution in [-0.4, -0.2) is 26.6 Å². The maximum atomic E-state index is 13.0. The largest absolute Gasteiger partial charge is 0.495 e. The normalized spacial score (nSPS) is 11.6. The van der Waals surface area contributed by atoms with Crippen LogP contribution in [0.4, 0.5) is 5.69 Å². The molecule has 32 heavy (non-hydrogen) atoms. The highest BCUT2D eigenvalue weighted by Crippen LogP contribution is 2.27. The molecule has 0 aliphatic rings. The van der Waals surface area contributed by atoms with Gasteiger partial charge in [-0.1, -0.05) is 41.6 Å². The van der Waals surface area contributed by atoms with Crippen LogP contribution in [0.2, 0.25) is 0 Å². The van der Waals surface area contributed by atoms with Crippen molar-refractivity contribution in [3.05, 3.63) is 70.6 Å². The highest BCUT2D eigenvalue weighted by Gasteiger charge is 2.20. The van der Waals surface area contributed by atoms with Gasteiger partial charge in [0, 0.05) is 13.5 Å². The first-order valence-corrected chi connectivity index (χ1v) is 11.3. The average Bonchev–Trinajstić information content (AvgIpc) is 3.10. The zero-order valence-corrected chi connectivity index (χ0v) is 19.1. The summed E-state index contributed by atoms with van der Waals surface area (Å²) in [7, 11) is -2.43. The molecule has 1 aromatic heterocycles. The quantitative estimate of drug-likeness (QED) is 0.533. The minimum absolute atomic E-state index is 0.0200. The van der Waals surface area contributed by atoms with Gasteiger partial charge in [-0.05, 0) is 48.7 Å². The van der Waals surface area contributed by atoms with E-state index >= 15 is 0 Å². The highest BCUT2D eigenvalue weighted by atomic mass is 32.2. The third-order valence-electron chi connectivity index (χ3n) is 4.81. The van der Waals surface area contributed by atoms with E-state index in [9.17, 15) is 13.2 Å². The van der Waals surface area contributed by atoms with E-state index in [0.29, 0.717) is 22.7 Å². The number of carbonyl (C=O) groups excluding carboxylic acids is 1. The van der Waals surface area contributed by atoms with Crippen LogP contribution in [0, 0.1) is 13.8 Å². The standard InChI is InChI=1S/C23H25N3O5S/c1-15-7-5-6-8-19(15)14-24-32(28,29)22-13-18(9-11-20(22)30-4)10-12-21-23(25-17(3)27)16(2)26-31-21/h5-13,24H,14H2,1-4H3,(H,25,27). The van der Waals surface area contributed by atoms with Crippen molar-refractivity contribution in [2.45, 2.75) is 32.2 Å². The molecule has 3 rings (SSSR count). The lowest BCUT2D eigenvalue weighted by atomic mass is 10.1. The number of benzene rings is 2. The summed E-state index contributed by atoms with van der Waals surface area (Å²) in [6, 6.07) is 12.4. The van der Waals surface area contributed by atoms with Crippen molar-refractivity contribution < 1.29 is 22.5 Å². The minimum Gasteiger partial charge on any atom is -0.495 e. The maximum Gasteiger partial charge on any atom is 0.244 e. The van der Waals surface area contributed by atoms with Crippen LogP contribution in [0.1, 0.15) is 35.1 Å². The Balaban J connectivity index is 1.88. The van der Waals surface area contributed by atoms with Crippen molar-refractivity contribution in [2.24, 2.45) is 0 Å². The first-order chi connectivity index (χ1) is 15.2. The van der Waals surface area contributed by atoms with Crippen molar-refractivity contribution in [2.75, 3.05) is 12.4 Å². The van der Waals surface area contributed by atoms with E-state index in [2.05, 4.69) is 15.2 Å². The molecule has 3 aromatic rings. The Morgan fingerprint density at radius 2 is 1.91 bits per heavy atom. The number of ether oxygens (including phenoxy) is 1. The molecule has 168 valence electrons. The third kappa shape index (κ3) is 5.43. The van der Waals surface area contributed by atoms with Crippen LogP contribution in [0.3, 0.4) is 0 Å². The fourth-order valence-electron chi connectivity index (χ4n) is 3.07. The molecule has 9 heteroatoms. The van der Waals surface area contributed by atoms with Gasteiger partial charge < -0.3 is 14.6 Å². The van der Waals surface area contributed by atoms with Crippen LogP contribution in [0.15, 0.2) is 51.9 Å². The molecule has 2 N–H and O–H groups in total. The van der Waals surface area contributed by atoms with Crippen LogP contribution in [0.5, 0.6) is 5.75 Å². The number of aryl methyl sites for hydroxylation is 2. The van der Waals surface area contributed by atoms with E-state index in [4.69, 9.17) is 9.26 Å². The van der Waals surface area contributed by atoms with Crippen LogP contribution in [-0.2, 0) is 21.4 Å². The van der Waals surface area contributed by atoms with E-state index in [-0.39, 0.29) is 23.1 Å². The summed E-state index contributed by atoms with van der Waals surface area (Å²) in [5, 5.41) is 6.54. The molecule has 0 bridgehead atoms. The van der Waals surface area contributed by atoms with E-state index < -0.39 is 10.0 Å². The summed E-state index contributed by atoms with van der Waals surface area (Å²) in [6.45, 7) is 5.19. The van der Waals surface area contributed by atoms with Crippen molar-refractivity contribution in [1.82, 2.24) is 9.88 Å². The van der Waals surface area contributed by atoms with E-state index in [0.717, 1.165) is 11.1 Å². The lowest BCUT2D eigenvalue weighted by Gasteiger charge is -2.12. The fourth-order valence-corrected chi connectivity index (χ4v) is 4.28. The zero-order chi connectivity index (χ0) is 23.3. The van der Waals surface area contributed by atoms with E-state index in [1.807, 2.05) is 31.2 Å². The second-order valence-electron chi connectivity index (χ2n) is 7.18. The first kappa shape index (κ1) is 23.2. The molecule has 0 atom stereocenters. The number of amides is 1. The maximum absolute atomic E-state index is 13.0. The minimum atomic E-state index is -3.85. The summed E-state index contributed by atoms with van der Waals surface area (Å²) in [5.74, 6) is 0.341. The Hall–Kier alpha value is -3.43. The predicted octanol–water partition coefficient (Wildman–Crippen LogP) is 3.91. The number of methoxy groups -OCH3 is 1. The predicted molar refractivity (Wildman–Crippen MR) is 123 cm³/mol. The summed E-state index contributed by atoms with van der Waals surface area (Å²) >= 11 is 0. The van der Waals surface area contributed by atoms with Gasteiger partial charge in [-0.3, -0.25) is 4.79 Å². The van der Waals surface area contributed by atoms with Crippen molar-refractivity contribution >= 4 is 33.8 Å². The molecule has 2 aromatic carbocycles. The van der Waals surface area contributed by atoms with Crippen LogP contribution in [0.25, 0.3) is 12.2 Å². The Kier molecular flexibility index (Phi) is 7.12. The molecule has 8 nitrogen and oxygen atoms in total. The topological polar surface area (TPSA) is 111 Å². The molecule has 0 aliphatic heterocycles. The average molecular weight is 456 g/mol. The second-order valence-corrected chi connectivity index (χ2v) is 8.92. The fraction of sp³-hybridized carbons (Fsp3) is 0.217. The SMILES string of the molecule is COc1ccc(C=Cc2onc(C)c2NC(C)=O)cc1S(=O)(=O)NCc1ccccc1C. The molecule has 0 unspecified atom stereocenters. The lowest BCUT2D eigenvalue weighted by molar-refractivity contribution is -0.114. The number of anilines is 1. The number of sulfonamides is 1. The van der Waals surface area contributed by atoms with Gasteiger partial charge in [0.25, 0.3) is 0 Å². The van der Waals surface area contributed by atoms with Crippen molar-refractivity contribution in [1.29, 1.82) is 0 Å². The number of hydrogen-bond acceptors (Lipinski definition) is 6. The summed E-state index contributed by atoms with van der Waals surface area (Å²) in [6.07, 6.45) is 3.29. The summed E-state index contributed by atoms with van der Waals surface area (Å²) in [5.41, 5.74) is 3.49. The molecule has 0 spiro atoms. The number of carbonyl (C=O) groups is 1. The number of aromatic nitrogens is 1. The van der Waals surface area contributed by atoms with Gasteiger partial charge >= 0.3 is 0 Å². The van der Waals surface area contributed by atoms with Gasteiger partial charge in [0.1, 0.15) is 22.0 Å². The zero-order valence-electron chi connectivity index (χ0n) is 18.3. The first-order valence-electron chi connectivity index (χ1n) is 9.85.